The van der Waals surface area contributed by atoms with Gasteiger partial charge in [0.25, 0.3) is 5.91 Å². The van der Waals surface area contributed by atoms with Crippen LogP contribution in [0.2, 0.25) is 0 Å². The van der Waals surface area contributed by atoms with Crippen LogP contribution in [0.25, 0.3) is 11.3 Å². The van der Waals surface area contributed by atoms with Gasteiger partial charge in [-0.1, -0.05) is 44.2 Å². The Morgan fingerprint density at radius 1 is 1.26 bits per heavy atom. The summed E-state index contributed by atoms with van der Waals surface area (Å²) in [6, 6.07) is 10.1. The second-order valence-corrected chi connectivity index (χ2v) is 7.69. The molecule has 8 heteroatoms. The summed E-state index contributed by atoms with van der Waals surface area (Å²) in [6.45, 7) is 5.85. The first-order valence-corrected chi connectivity index (χ1v) is 9.59. The monoisotopic (exact) mass is 403 g/mol. The van der Waals surface area contributed by atoms with Crippen molar-refractivity contribution in [3.63, 3.8) is 0 Å². The van der Waals surface area contributed by atoms with Gasteiger partial charge in [0.05, 0.1) is 5.69 Å². The molecule has 6 nitrogen and oxygen atoms in total. The van der Waals surface area contributed by atoms with E-state index in [1.807, 2.05) is 30.3 Å². The van der Waals surface area contributed by atoms with Crippen molar-refractivity contribution in [2.75, 3.05) is 11.9 Å². The van der Waals surface area contributed by atoms with Crippen molar-refractivity contribution in [2.45, 2.75) is 32.7 Å². The number of carbonyl (C=O) groups is 1. The molecule has 0 aliphatic carbocycles. The number of carbonyl (C=O) groups excluding carboxylic acids is 1. The third-order valence-electron chi connectivity index (χ3n) is 4.47. The molecule has 0 saturated heterocycles. The smallest absolute Gasteiger partial charge is 0.278 e. The van der Waals surface area contributed by atoms with Gasteiger partial charge in [-0.3, -0.25) is 15.2 Å². The number of H-pyrrole nitrogens is 1. The number of benzene rings is 1. The quantitative estimate of drug-likeness (QED) is 0.615. The summed E-state index contributed by atoms with van der Waals surface area (Å²) < 4.78 is 0. The molecule has 142 valence electrons. The molecule has 1 amide bonds. The summed E-state index contributed by atoms with van der Waals surface area (Å²) in [6.07, 6.45) is 0.864. The molecule has 2 aromatic heterocycles. The van der Waals surface area contributed by atoms with Gasteiger partial charge in [-0.25, -0.2) is 4.98 Å². The van der Waals surface area contributed by atoms with Crippen LogP contribution in [-0.2, 0) is 13.0 Å². The predicted octanol–water partition coefficient (Wildman–Crippen LogP) is 3.98. The number of aromatic amines is 1. The van der Waals surface area contributed by atoms with Crippen molar-refractivity contribution in [3.05, 3.63) is 52.2 Å². The maximum atomic E-state index is 12.7. The average molecular weight is 404 g/mol. The highest BCUT2D eigenvalue weighted by atomic mass is 35.5. The topological polar surface area (TPSA) is 82.7 Å². The molecule has 0 atom stereocenters. The van der Waals surface area contributed by atoms with Gasteiger partial charge < -0.3 is 5.32 Å². The number of fused-ring (bicyclic) bond motifs is 1. The first kappa shape index (κ1) is 19.5. The summed E-state index contributed by atoms with van der Waals surface area (Å²) in [7, 11) is 0. The molecule has 0 fully saturated rings. The molecule has 3 N–H and O–H groups in total. The van der Waals surface area contributed by atoms with E-state index in [0.29, 0.717) is 23.3 Å². The standard InChI is InChI=1S/C19H21N5OS.ClH/c1-11(2)17-15(12-6-4-3-5-7-12)21-19(26-17)22-18(25)16-13-10-20-9-8-14(13)23-24-16;/h3-7,11,20H,8-10H2,1-2H3,(H,23,24)(H,21,22,25);1H. The maximum Gasteiger partial charge on any atom is 0.278 e. The number of amides is 1. The van der Waals surface area contributed by atoms with Crippen LogP contribution in [0.3, 0.4) is 0 Å². The lowest BCUT2D eigenvalue weighted by Crippen LogP contribution is -2.25. The van der Waals surface area contributed by atoms with Crippen LogP contribution in [0.1, 0.15) is 46.4 Å². The zero-order valence-corrected chi connectivity index (χ0v) is 16.8. The summed E-state index contributed by atoms with van der Waals surface area (Å²) in [5.41, 5.74) is 4.45. The van der Waals surface area contributed by atoms with E-state index < -0.39 is 0 Å². The Morgan fingerprint density at radius 3 is 2.78 bits per heavy atom. The summed E-state index contributed by atoms with van der Waals surface area (Å²) >= 11 is 1.53. The van der Waals surface area contributed by atoms with Gasteiger partial charge in [0.1, 0.15) is 0 Å². The molecule has 0 unspecified atom stereocenters. The normalized spacial score (nSPS) is 13.1. The molecule has 3 heterocycles. The third kappa shape index (κ3) is 3.90. The van der Waals surface area contributed by atoms with Crippen molar-refractivity contribution in [2.24, 2.45) is 0 Å². The first-order valence-electron chi connectivity index (χ1n) is 8.78. The Bertz CT molecular complexity index is 935. The number of nitrogens with one attached hydrogen (secondary N) is 3. The minimum absolute atomic E-state index is 0. The zero-order chi connectivity index (χ0) is 18.1. The fourth-order valence-corrected chi connectivity index (χ4v) is 4.13. The zero-order valence-electron chi connectivity index (χ0n) is 15.2. The summed E-state index contributed by atoms with van der Waals surface area (Å²) in [5.74, 6) is 0.116. The molecular weight excluding hydrogens is 382 g/mol. The van der Waals surface area contributed by atoms with Crippen LogP contribution < -0.4 is 10.6 Å². The minimum Gasteiger partial charge on any atom is -0.312 e. The second-order valence-electron chi connectivity index (χ2n) is 6.66. The van der Waals surface area contributed by atoms with Crippen LogP contribution in [0.4, 0.5) is 5.13 Å². The van der Waals surface area contributed by atoms with Crippen LogP contribution in [0.15, 0.2) is 30.3 Å². The average Bonchev–Trinajstić information content (AvgIpc) is 3.26. The van der Waals surface area contributed by atoms with Crippen LogP contribution >= 0.6 is 23.7 Å². The molecule has 0 radical (unpaired) electrons. The largest absolute Gasteiger partial charge is 0.312 e. The summed E-state index contributed by atoms with van der Waals surface area (Å²) in [4.78, 5) is 18.6. The van der Waals surface area contributed by atoms with Crippen LogP contribution in [-0.4, -0.2) is 27.6 Å². The van der Waals surface area contributed by atoms with E-state index in [-0.39, 0.29) is 18.3 Å². The van der Waals surface area contributed by atoms with Gasteiger partial charge in [0, 0.05) is 41.2 Å². The molecule has 27 heavy (non-hydrogen) atoms. The molecule has 1 aromatic carbocycles. The number of hydrogen-bond acceptors (Lipinski definition) is 5. The Balaban J connectivity index is 0.00000210. The highest BCUT2D eigenvalue weighted by Gasteiger charge is 2.23. The predicted molar refractivity (Wildman–Crippen MR) is 111 cm³/mol. The molecule has 0 spiro atoms. The minimum atomic E-state index is -0.213. The molecule has 1 aliphatic heterocycles. The van der Waals surface area contributed by atoms with Gasteiger partial charge in [0.2, 0.25) is 0 Å². The number of anilines is 1. The lowest BCUT2D eigenvalue weighted by atomic mass is 10.1. The van der Waals surface area contributed by atoms with Gasteiger partial charge in [-0.05, 0) is 5.92 Å². The fourth-order valence-electron chi connectivity index (χ4n) is 3.15. The van der Waals surface area contributed by atoms with Gasteiger partial charge in [-0.2, -0.15) is 5.10 Å². The number of rotatable bonds is 4. The Kier molecular flexibility index (Phi) is 5.94. The first-order chi connectivity index (χ1) is 12.6. The van der Waals surface area contributed by atoms with Crippen molar-refractivity contribution < 1.29 is 4.79 Å². The maximum absolute atomic E-state index is 12.7. The van der Waals surface area contributed by atoms with E-state index in [1.165, 1.54) is 11.3 Å². The van der Waals surface area contributed by atoms with Crippen molar-refractivity contribution in [1.29, 1.82) is 0 Å². The number of thiazole rings is 1. The number of aromatic nitrogens is 3. The van der Waals surface area contributed by atoms with Crippen LogP contribution in [0, 0.1) is 0 Å². The molecule has 1 aliphatic rings. The second kappa shape index (κ2) is 8.21. The number of hydrogen-bond donors (Lipinski definition) is 3. The van der Waals surface area contributed by atoms with Gasteiger partial charge >= 0.3 is 0 Å². The van der Waals surface area contributed by atoms with Crippen molar-refractivity contribution in [1.82, 2.24) is 20.5 Å². The molecular formula is C19H22ClN5OS. The van der Waals surface area contributed by atoms with E-state index in [9.17, 15) is 4.79 Å². The molecule has 0 bridgehead atoms. The van der Waals surface area contributed by atoms with Crippen molar-refractivity contribution in [3.8, 4) is 11.3 Å². The van der Waals surface area contributed by atoms with Gasteiger partial charge in [0.15, 0.2) is 10.8 Å². The SMILES string of the molecule is CC(C)c1sc(NC(=O)c2n[nH]c3c2CNCC3)nc1-c1ccccc1.Cl. The Hall–Kier alpha value is -2.22. The molecule has 4 rings (SSSR count). The van der Waals surface area contributed by atoms with E-state index in [2.05, 4.69) is 34.7 Å². The number of nitrogens with zero attached hydrogens (tertiary/aromatic N) is 2. The molecule has 3 aromatic rings. The third-order valence-corrected chi connectivity index (χ3v) is 5.74. The van der Waals surface area contributed by atoms with E-state index in [1.54, 1.807) is 0 Å². The summed E-state index contributed by atoms with van der Waals surface area (Å²) in [5, 5.41) is 14.0. The highest BCUT2D eigenvalue weighted by molar-refractivity contribution is 7.16. The molecule has 0 saturated carbocycles. The van der Waals surface area contributed by atoms with E-state index >= 15 is 0 Å². The van der Waals surface area contributed by atoms with Gasteiger partial charge in [-0.15, -0.1) is 23.7 Å². The van der Waals surface area contributed by atoms with Crippen LogP contribution in [0.5, 0.6) is 0 Å². The highest BCUT2D eigenvalue weighted by Crippen LogP contribution is 2.36. The lowest BCUT2D eigenvalue weighted by molar-refractivity contribution is 0.102. The Morgan fingerprint density at radius 2 is 2.04 bits per heavy atom. The van der Waals surface area contributed by atoms with E-state index in [4.69, 9.17) is 4.98 Å². The van der Waals surface area contributed by atoms with Crippen molar-refractivity contribution >= 4 is 34.8 Å². The van der Waals surface area contributed by atoms with E-state index in [0.717, 1.165) is 40.4 Å². The fraction of sp³-hybridized carbons (Fsp3) is 0.316. The number of halogens is 1. The Labute approximate surface area is 168 Å². The lowest BCUT2D eigenvalue weighted by Gasteiger charge is -2.12.